The summed E-state index contributed by atoms with van der Waals surface area (Å²) in [6.07, 6.45) is 0. The van der Waals surface area contributed by atoms with Crippen molar-refractivity contribution in [2.24, 2.45) is 0 Å². The molecule has 0 saturated carbocycles. The Balaban J connectivity index is 2.48. The lowest BCUT2D eigenvalue weighted by atomic mass is 10.1. The first-order chi connectivity index (χ1) is 9.88. The molecule has 0 nitrogen and oxygen atoms in total. The average Bonchev–Trinajstić information content (AvgIpc) is 2.42. The van der Waals surface area contributed by atoms with E-state index in [0.717, 1.165) is 32.3 Å². The standard InChI is InChI=1S/C18H18Cl2Si/c1-11(2)15-9-13(19)5-7-17(15)21-18-8-6-14(20)10-16(18)12(3)4/h5-10H,1,3,21H2,2,4H3. The van der Waals surface area contributed by atoms with Crippen LogP contribution >= 0.6 is 23.2 Å². The van der Waals surface area contributed by atoms with E-state index >= 15 is 0 Å². The minimum absolute atomic E-state index is 0.648. The van der Waals surface area contributed by atoms with E-state index in [0.29, 0.717) is 0 Å². The molecule has 21 heavy (non-hydrogen) atoms. The van der Waals surface area contributed by atoms with Gasteiger partial charge in [-0.05, 0) is 49.2 Å². The number of hydrogen-bond donors (Lipinski definition) is 0. The summed E-state index contributed by atoms with van der Waals surface area (Å²) in [4.78, 5) is 0. The first-order valence-electron chi connectivity index (χ1n) is 6.77. The minimum Gasteiger partial charge on any atom is -0.0955 e. The quantitative estimate of drug-likeness (QED) is 0.737. The molecule has 108 valence electrons. The van der Waals surface area contributed by atoms with E-state index in [2.05, 4.69) is 25.3 Å². The van der Waals surface area contributed by atoms with Gasteiger partial charge in [0.05, 0.1) is 9.52 Å². The van der Waals surface area contributed by atoms with Gasteiger partial charge in [0.25, 0.3) is 0 Å². The SMILES string of the molecule is C=C(C)c1cc(Cl)ccc1[SiH2]c1ccc(Cl)cc1C(=C)C. The molecule has 0 N–H and O–H groups in total. The Hall–Kier alpha value is -1.28. The van der Waals surface area contributed by atoms with Gasteiger partial charge in [-0.2, -0.15) is 0 Å². The number of hydrogen-bond acceptors (Lipinski definition) is 0. The molecule has 0 unspecified atom stereocenters. The lowest BCUT2D eigenvalue weighted by Crippen LogP contribution is -2.31. The van der Waals surface area contributed by atoms with E-state index in [1.807, 2.05) is 38.1 Å². The van der Waals surface area contributed by atoms with Crippen LogP contribution in [-0.4, -0.2) is 9.52 Å². The first kappa shape index (κ1) is 16.1. The fraction of sp³-hybridized carbons (Fsp3) is 0.111. The van der Waals surface area contributed by atoms with Crippen molar-refractivity contribution < 1.29 is 0 Å². The fourth-order valence-corrected chi connectivity index (χ4v) is 4.82. The summed E-state index contributed by atoms with van der Waals surface area (Å²) in [6, 6.07) is 12.1. The van der Waals surface area contributed by atoms with Crippen LogP contribution in [0.5, 0.6) is 0 Å². The Kier molecular flexibility index (Phi) is 5.10. The second-order valence-corrected chi connectivity index (χ2v) is 8.09. The molecule has 0 aromatic heterocycles. The van der Waals surface area contributed by atoms with Crippen molar-refractivity contribution in [3.05, 3.63) is 70.7 Å². The molecule has 2 aromatic carbocycles. The van der Waals surface area contributed by atoms with Gasteiger partial charge >= 0.3 is 0 Å². The van der Waals surface area contributed by atoms with E-state index in [1.54, 1.807) is 0 Å². The lowest BCUT2D eigenvalue weighted by molar-refractivity contribution is 1.60. The number of halogens is 2. The van der Waals surface area contributed by atoms with Crippen LogP contribution in [0.1, 0.15) is 25.0 Å². The van der Waals surface area contributed by atoms with Gasteiger partial charge in [0, 0.05) is 10.0 Å². The van der Waals surface area contributed by atoms with Crippen molar-refractivity contribution >= 4 is 54.2 Å². The second kappa shape index (κ2) is 6.65. The topological polar surface area (TPSA) is 0 Å². The highest BCUT2D eigenvalue weighted by atomic mass is 35.5. The highest BCUT2D eigenvalue weighted by Gasteiger charge is 2.10. The third-order valence-electron chi connectivity index (χ3n) is 3.44. The Morgan fingerprint density at radius 2 is 1.19 bits per heavy atom. The molecule has 0 aliphatic carbocycles. The normalized spacial score (nSPS) is 10.5. The molecule has 0 spiro atoms. The van der Waals surface area contributed by atoms with Crippen molar-refractivity contribution in [2.75, 3.05) is 0 Å². The molecule has 0 aliphatic heterocycles. The molecule has 0 amide bonds. The van der Waals surface area contributed by atoms with Crippen molar-refractivity contribution in [1.82, 2.24) is 0 Å². The minimum atomic E-state index is -0.648. The van der Waals surface area contributed by atoms with E-state index in [4.69, 9.17) is 23.2 Å². The maximum absolute atomic E-state index is 6.11. The molecule has 3 heteroatoms. The van der Waals surface area contributed by atoms with Gasteiger partial charge in [0.15, 0.2) is 0 Å². The second-order valence-electron chi connectivity index (χ2n) is 5.34. The summed E-state index contributed by atoms with van der Waals surface area (Å²) < 4.78 is 0. The smallest absolute Gasteiger partial charge is 0.0891 e. The van der Waals surface area contributed by atoms with Crippen LogP contribution in [0.15, 0.2) is 49.6 Å². The van der Waals surface area contributed by atoms with Crippen LogP contribution in [0.4, 0.5) is 0 Å². The summed E-state index contributed by atoms with van der Waals surface area (Å²) in [6.45, 7) is 12.2. The van der Waals surface area contributed by atoms with E-state index in [-0.39, 0.29) is 0 Å². The zero-order valence-corrected chi connectivity index (χ0v) is 15.3. The summed E-state index contributed by atoms with van der Waals surface area (Å²) in [5.74, 6) is 0. The summed E-state index contributed by atoms with van der Waals surface area (Å²) in [5, 5.41) is 4.19. The molecule has 0 atom stereocenters. The van der Waals surface area contributed by atoms with Crippen molar-refractivity contribution in [1.29, 1.82) is 0 Å². The van der Waals surface area contributed by atoms with E-state index in [1.165, 1.54) is 10.4 Å². The maximum Gasteiger partial charge on any atom is 0.0891 e. The fourth-order valence-electron chi connectivity index (χ4n) is 2.41. The zero-order chi connectivity index (χ0) is 15.6. The molecule has 0 aliphatic rings. The van der Waals surface area contributed by atoms with Crippen LogP contribution in [0.25, 0.3) is 11.1 Å². The molecule has 0 radical (unpaired) electrons. The number of allylic oxidation sites excluding steroid dienone is 2. The number of benzene rings is 2. The lowest BCUT2D eigenvalue weighted by Gasteiger charge is -2.13. The molecule has 0 saturated heterocycles. The van der Waals surface area contributed by atoms with Crippen molar-refractivity contribution in [3.63, 3.8) is 0 Å². The maximum atomic E-state index is 6.11. The molecule has 0 bridgehead atoms. The summed E-state index contributed by atoms with van der Waals surface area (Å²) in [5.41, 5.74) is 4.42. The highest BCUT2D eigenvalue weighted by Crippen LogP contribution is 2.17. The first-order valence-corrected chi connectivity index (χ1v) is 8.94. The summed E-state index contributed by atoms with van der Waals surface area (Å²) in [7, 11) is -0.648. The largest absolute Gasteiger partial charge is 0.0955 e. The number of rotatable bonds is 4. The van der Waals surface area contributed by atoms with Crippen LogP contribution < -0.4 is 10.4 Å². The molecule has 2 aromatic rings. The molecular formula is C18H18Cl2Si. The Labute approximate surface area is 138 Å². The van der Waals surface area contributed by atoms with Gasteiger partial charge in [0.2, 0.25) is 0 Å². The predicted octanol–water partition coefficient (Wildman–Crippen LogP) is 4.18. The molecule has 2 rings (SSSR count). The third kappa shape index (κ3) is 3.88. The monoisotopic (exact) mass is 332 g/mol. The van der Waals surface area contributed by atoms with Gasteiger partial charge in [-0.3, -0.25) is 0 Å². The third-order valence-corrected chi connectivity index (χ3v) is 5.91. The molecule has 0 heterocycles. The Morgan fingerprint density at radius 3 is 1.52 bits per heavy atom. The zero-order valence-electron chi connectivity index (χ0n) is 12.3. The van der Waals surface area contributed by atoms with E-state index in [9.17, 15) is 0 Å². The van der Waals surface area contributed by atoms with Crippen molar-refractivity contribution in [2.45, 2.75) is 13.8 Å². The molecular weight excluding hydrogens is 315 g/mol. The van der Waals surface area contributed by atoms with Gasteiger partial charge in [-0.15, -0.1) is 0 Å². The van der Waals surface area contributed by atoms with Gasteiger partial charge in [-0.1, -0.05) is 70.0 Å². The Morgan fingerprint density at radius 1 is 0.810 bits per heavy atom. The highest BCUT2D eigenvalue weighted by molar-refractivity contribution is 6.69. The van der Waals surface area contributed by atoms with Gasteiger partial charge in [-0.25, -0.2) is 0 Å². The van der Waals surface area contributed by atoms with Crippen molar-refractivity contribution in [3.8, 4) is 0 Å². The molecule has 0 fully saturated rings. The van der Waals surface area contributed by atoms with Crippen LogP contribution in [0, 0.1) is 0 Å². The summed E-state index contributed by atoms with van der Waals surface area (Å²) >= 11 is 12.2. The van der Waals surface area contributed by atoms with Crippen LogP contribution in [-0.2, 0) is 0 Å². The van der Waals surface area contributed by atoms with Crippen LogP contribution in [0.3, 0.4) is 0 Å². The van der Waals surface area contributed by atoms with Gasteiger partial charge < -0.3 is 0 Å². The Bertz CT molecular complexity index is 656. The van der Waals surface area contributed by atoms with Gasteiger partial charge in [0.1, 0.15) is 0 Å². The van der Waals surface area contributed by atoms with Crippen LogP contribution in [0.2, 0.25) is 10.0 Å². The average molecular weight is 333 g/mol. The predicted molar refractivity (Wildman–Crippen MR) is 100 cm³/mol. The van der Waals surface area contributed by atoms with E-state index < -0.39 is 9.52 Å².